The number of halogens is 1. The van der Waals surface area contributed by atoms with E-state index in [1.165, 1.54) is 11.0 Å². The largest absolute Gasteiger partial charge is 0.497 e. The second-order valence-electron chi connectivity index (χ2n) is 6.53. The summed E-state index contributed by atoms with van der Waals surface area (Å²) in [5, 5.41) is 0. The van der Waals surface area contributed by atoms with Gasteiger partial charge in [-0.15, -0.1) is 0 Å². The van der Waals surface area contributed by atoms with Crippen molar-refractivity contribution in [3.05, 3.63) is 89.5 Å². The Morgan fingerprint density at radius 1 is 1.10 bits per heavy atom. The molecule has 1 atom stereocenters. The third-order valence-corrected chi connectivity index (χ3v) is 4.71. The number of para-hydroxylation sites is 1. The molecule has 6 nitrogen and oxygen atoms in total. The maximum atomic E-state index is 14.5. The van der Waals surface area contributed by atoms with Crippen LogP contribution in [0.5, 0.6) is 5.75 Å². The molecule has 0 spiro atoms. The highest BCUT2D eigenvalue weighted by Crippen LogP contribution is 2.30. The Hall–Kier alpha value is -3.58. The number of aromatic nitrogens is 1. The quantitative estimate of drug-likeness (QED) is 0.743. The third kappa shape index (κ3) is 3.60. The smallest absolute Gasteiger partial charge is 0.266 e. The Bertz CT molecular complexity index is 1100. The molecule has 0 bridgehead atoms. The van der Waals surface area contributed by atoms with Gasteiger partial charge in [0.1, 0.15) is 11.6 Å². The van der Waals surface area contributed by atoms with E-state index >= 15 is 0 Å². The minimum Gasteiger partial charge on any atom is -0.497 e. The van der Waals surface area contributed by atoms with E-state index in [0.29, 0.717) is 34.0 Å². The zero-order valence-electron chi connectivity index (χ0n) is 15.7. The first-order valence-corrected chi connectivity index (χ1v) is 9.06. The summed E-state index contributed by atoms with van der Waals surface area (Å²) >= 11 is 0. The van der Waals surface area contributed by atoms with E-state index in [1.807, 2.05) is 12.1 Å². The molecule has 0 radical (unpaired) electrons. The van der Waals surface area contributed by atoms with Crippen molar-refractivity contribution in [1.82, 2.24) is 4.98 Å². The molecule has 1 amide bonds. The van der Waals surface area contributed by atoms with Gasteiger partial charge in [-0.1, -0.05) is 30.3 Å². The lowest BCUT2D eigenvalue weighted by Gasteiger charge is -2.24. The number of benzodiazepines with no additional fused rings is 1. The highest BCUT2D eigenvalue weighted by molar-refractivity contribution is 6.20. The molecule has 0 unspecified atom stereocenters. The number of benzene rings is 2. The van der Waals surface area contributed by atoms with Crippen molar-refractivity contribution in [2.24, 2.45) is 10.7 Å². The lowest BCUT2D eigenvalue weighted by Crippen LogP contribution is -2.42. The van der Waals surface area contributed by atoms with E-state index in [0.717, 1.165) is 0 Å². The van der Waals surface area contributed by atoms with Crippen LogP contribution in [0.15, 0.2) is 71.9 Å². The Kier molecular flexibility index (Phi) is 5.05. The van der Waals surface area contributed by atoms with Crippen molar-refractivity contribution in [2.75, 3.05) is 12.0 Å². The topological polar surface area (TPSA) is 80.8 Å². The summed E-state index contributed by atoms with van der Waals surface area (Å²) in [5.41, 5.74) is 8.59. The number of pyridine rings is 1. The number of ether oxygens (including phenoxy) is 1. The molecular weight excluding hydrogens is 371 g/mol. The van der Waals surface area contributed by atoms with Gasteiger partial charge in [0.2, 0.25) is 0 Å². The summed E-state index contributed by atoms with van der Waals surface area (Å²) in [6.45, 7) is 0.181. The summed E-state index contributed by atoms with van der Waals surface area (Å²) in [5.74, 6) is -0.185. The van der Waals surface area contributed by atoms with Crippen molar-refractivity contribution in [2.45, 2.75) is 12.7 Å². The molecule has 29 heavy (non-hydrogen) atoms. The van der Waals surface area contributed by atoms with Gasteiger partial charge in [0.25, 0.3) is 5.91 Å². The lowest BCUT2D eigenvalue weighted by atomic mass is 9.99. The van der Waals surface area contributed by atoms with Gasteiger partial charge in [0, 0.05) is 23.4 Å². The van der Waals surface area contributed by atoms with Crippen LogP contribution in [0.4, 0.5) is 10.1 Å². The van der Waals surface area contributed by atoms with Gasteiger partial charge in [-0.2, -0.15) is 0 Å². The molecule has 2 aromatic carbocycles. The van der Waals surface area contributed by atoms with Crippen LogP contribution in [0.1, 0.15) is 16.8 Å². The highest BCUT2D eigenvalue weighted by Gasteiger charge is 2.31. The fourth-order valence-electron chi connectivity index (χ4n) is 3.31. The molecule has 2 heterocycles. The molecule has 0 saturated heterocycles. The monoisotopic (exact) mass is 390 g/mol. The molecule has 0 aliphatic carbocycles. The van der Waals surface area contributed by atoms with Crippen LogP contribution >= 0.6 is 0 Å². The Balaban J connectivity index is 1.83. The first-order valence-electron chi connectivity index (χ1n) is 9.06. The van der Waals surface area contributed by atoms with Gasteiger partial charge in [0.05, 0.1) is 30.7 Å². The van der Waals surface area contributed by atoms with E-state index in [-0.39, 0.29) is 6.54 Å². The average molecular weight is 390 g/mol. The number of carbonyl (C=O) groups is 1. The molecule has 1 aromatic heterocycles. The minimum atomic E-state index is -1.16. The number of amides is 1. The van der Waals surface area contributed by atoms with E-state index in [1.54, 1.807) is 55.8 Å². The Morgan fingerprint density at radius 3 is 2.59 bits per heavy atom. The normalized spacial score (nSPS) is 16.1. The van der Waals surface area contributed by atoms with Crippen molar-refractivity contribution >= 4 is 17.3 Å². The minimum absolute atomic E-state index is 0.181. The van der Waals surface area contributed by atoms with Crippen LogP contribution in [-0.2, 0) is 11.3 Å². The number of nitrogens with two attached hydrogens (primary N) is 1. The van der Waals surface area contributed by atoms with Gasteiger partial charge in [-0.25, -0.2) is 4.39 Å². The molecule has 0 fully saturated rings. The average Bonchev–Trinajstić information content (AvgIpc) is 2.85. The van der Waals surface area contributed by atoms with Gasteiger partial charge < -0.3 is 15.4 Å². The predicted octanol–water partition coefficient (Wildman–Crippen LogP) is 2.90. The summed E-state index contributed by atoms with van der Waals surface area (Å²) in [6.07, 6.45) is 0.450. The van der Waals surface area contributed by atoms with Crippen molar-refractivity contribution < 1.29 is 13.9 Å². The van der Waals surface area contributed by atoms with Gasteiger partial charge in [-0.05, 0) is 24.3 Å². The Morgan fingerprint density at radius 2 is 1.83 bits per heavy atom. The summed E-state index contributed by atoms with van der Waals surface area (Å²) in [4.78, 5) is 23.3. The molecule has 0 saturated carbocycles. The van der Waals surface area contributed by atoms with Crippen molar-refractivity contribution in [3.8, 4) is 5.75 Å². The first kappa shape index (κ1) is 18.8. The second-order valence-corrected chi connectivity index (χ2v) is 6.53. The standard InChI is InChI=1S/C22H19FN4O2/c1-29-15-10-11-25-14(12-15)13-27-19-9-5-3-7-17(19)20(26-21(24)22(27)28)16-6-2-4-8-18(16)23/h2-12,21H,13,24H2,1H3/t21-/m0/s1. The number of aliphatic imine (C=N–C) groups is 1. The number of hydrogen-bond acceptors (Lipinski definition) is 5. The number of hydrogen-bond donors (Lipinski definition) is 1. The SMILES string of the molecule is COc1ccnc(CN2C(=O)[C@@H](N)N=C(c3ccccc3F)c3ccccc32)c1. The number of carbonyl (C=O) groups excluding carboxylic acids is 1. The molecule has 7 heteroatoms. The number of fused-ring (bicyclic) bond motifs is 1. The maximum absolute atomic E-state index is 14.5. The van der Waals surface area contributed by atoms with Crippen LogP contribution < -0.4 is 15.4 Å². The number of methoxy groups -OCH3 is 1. The zero-order chi connectivity index (χ0) is 20.4. The Labute approximate surface area is 167 Å². The van der Waals surface area contributed by atoms with Crippen molar-refractivity contribution in [3.63, 3.8) is 0 Å². The van der Waals surface area contributed by atoms with Crippen molar-refractivity contribution in [1.29, 1.82) is 0 Å². The molecule has 146 valence electrons. The molecule has 2 N–H and O–H groups in total. The predicted molar refractivity (Wildman–Crippen MR) is 108 cm³/mol. The van der Waals surface area contributed by atoms with E-state index in [9.17, 15) is 9.18 Å². The van der Waals surface area contributed by atoms with Crippen LogP contribution in [0.3, 0.4) is 0 Å². The second kappa shape index (κ2) is 7.81. The van der Waals surface area contributed by atoms with Crippen LogP contribution in [0.25, 0.3) is 0 Å². The first-order chi connectivity index (χ1) is 14.1. The molecule has 4 rings (SSSR count). The molecule has 3 aromatic rings. The van der Waals surface area contributed by atoms with E-state index in [4.69, 9.17) is 10.5 Å². The number of anilines is 1. The van der Waals surface area contributed by atoms with Gasteiger partial charge in [0.15, 0.2) is 6.17 Å². The summed E-state index contributed by atoms with van der Waals surface area (Å²) < 4.78 is 19.8. The summed E-state index contributed by atoms with van der Waals surface area (Å²) in [7, 11) is 1.57. The van der Waals surface area contributed by atoms with Gasteiger partial charge in [-0.3, -0.25) is 14.8 Å². The number of nitrogens with zero attached hydrogens (tertiary/aromatic N) is 3. The van der Waals surface area contributed by atoms with Crippen LogP contribution in [0.2, 0.25) is 0 Å². The molecular formula is C22H19FN4O2. The van der Waals surface area contributed by atoms with E-state index < -0.39 is 17.9 Å². The molecule has 1 aliphatic rings. The lowest BCUT2D eigenvalue weighted by molar-refractivity contribution is -0.119. The molecule has 1 aliphatic heterocycles. The highest BCUT2D eigenvalue weighted by atomic mass is 19.1. The van der Waals surface area contributed by atoms with Crippen LogP contribution in [0, 0.1) is 5.82 Å². The maximum Gasteiger partial charge on any atom is 0.266 e. The fourth-order valence-corrected chi connectivity index (χ4v) is 3.31. The fraction of sp³-hybridized carbons (Fsp3) is 0.136. The number of rotatable bonds is 4. The zero-order valence-corrected chi connectivity index (χ0v) is 15.7. The summed E-state index contributed by atoms with van der Waals surface area (Å²) in [6, 6.07) is 17.0. The van der Waals surface area contributed by atoms with Crippen LogP contribution in [-0.4, -0.2) is 29.9 Å². The third-order valence-electron chi connectivity index (χ3n) is 4.71. The van der Waals surface area contributed by atoms with Gasteiger partial charge >= 0.3 is 0 Å². The van der Waals surface area contributed by atoms with E-state index in [2.05, 4.69) is 9.98 Å².